The molecule has 0 spiro atoms. The van der Waals surface area contributed by atoms with Crippen molar-refractivity contribution in [3.05, 3.63) is 212 Å². The second-order valence-electron chi connectivity index (χ2n) is 13.6. The first-order chi connectivity index (χ1) is 27.3. The van der Waals surface area contributed by atoms with Crippen molar-refractivity contribution >= 4 is 67.1 Å². The van der Waals surface area contributed by atoms with Gasteiger partial charge in [-0.15, -0.1) is 0 Å². The van der Waals surface area contributed by atoms with Crippen molar-refractivity contribution in [1.82, 2.24) is 4.98 Å². The first-order valence-corrected chi connectivity index (χ1v) is 18.5. The van der Waals surface area contributed by atoms with E-state index >= 15 is 0 Å². The van der Waals surface area contributed by atoms with Gasteiger partial charge in [0.1, 0.15) is 5.52 Å². The van der Waals surface area contributed by atoms with Crippen LogP contribution < -0.4 is 9.80 Å². The van der Waals surface area contributed by atoms with Gasteiger partial charge in [0.05, 0.1) is 22.3 Å². The third kappa shape index (κ3) is 5.96. The van der Waals surface area contributed by atoms with E-state index in [9.17, 15) is 0 Å². The Balaban J connectivity index is 1.27. The van der Waals surface area contributed by atoms with Crippen LogP contribution in [0.1, 0.15) is 0 Å². The normalized spacial score (nSPS) is 11.3. The molecule has 2 heterocycles. The first kappa shape index (κ1) is 32.2. The number of nitrogens with zero attached hydrogens (tertiary/aromatic N) is 3. The van der Waals surface area contributed by atoms with E-state index in [-0.39, 0.29) is 0 Å². The average Bonchev–Trinajstić information content (AvgIpc) is 3.62. The van der Waals surface area contributed by atoms with E-state index in [1.54, 1.807) is 0 Å². The predicted octanol–water partition coefficient (Wildman–Crippen LogP) is 14.4. The smallest absolute Gasteiger partial charge is 0.161 e. The van der Waals surface area contributed by atoms with Crippen LogP contribution in [0.2, 0.25) is 0 Å². The molecular weight excluding hydrogens is 671 g/mol. The van der Waals surface area contributed by atoms with E-state index in [1.165, 1.54) is 5.56 Å². The number of hydrogen-bond acceptors (Lipinski definition) is 4. The van der Waals surface area contributed by atoms with Crippen LogP contribution in [0.5, 0.6) is 0 Å². The Morgan fingerprint density at radius 2 is 0.927 bits per heavy atom. The Bertz CT molecular complexity index is 2910. The lowest BCUT2D eigenvalue weighted by molar-refractivity contribution is 0.669. The monoisotopic (exact) mass is 705 g/mol. The molecule has 260 valence electrons. The number of benzene rings is 8. The predicted molar refractivity (Wildman–Crippen MR) is 229 cm³/mol. The standard InChI is InChI=1S/C51H35N3O/c1-5-17-36(18-6-1)37-29-31-42(32-30-37)53(40-22-9-3-10-23-40)43-34-45-50-49(33-39-21-13-15-27-46(39)52-50)55-51(45)48(35-43)54(41-24-11-4-12-25-41)47-28-16-14-26-44(47)38-19-7-2-8-20-38/h1-35H. The molecule has 8 aromatic carbocycles. The van der Waals surface area contributed by atoms with Gasteiger partial charge in [-0.05, 0) is 83.4 Å². The second-order valence-corrected chi connectivity index (χ2v) is 13.6. The zero-order valence-corrected chi connectivity index (χ0v) is 30.0. The number of rotatable bonds is 8. The Morgan fingerprint density at radius 3 is 1.64 bits per heavy atom. The highest BCUT2D eigenvalue weighted by Gasteiger charge is 2.26. The highest BCUT2D eigenvalue weighted by atomic mass is 16.3. The van der Waals surface area contributed by atoms with E-state index in [0.29, 0.717) is 0 Å². The molecule has 0 saturated carbocycles. The molecule has 0 aliphatic carbocycles. The van der Waals surface area contributed by atoms with Crippen LogP contribution in [0, 0.1) is 0 Å². The third-order valence-corrected chi connectivity index (χ3v) is 10.2. The average molecular weight is 706 g/mol. The maximum Gasteiger partial charge on any atom is 0.161 e. The summed E-state index contributed by atoms with van der Waals surface area (Å²) < 4.78 is 6.95. The minimum atomic E-state index is 0.745. The summed E-state index contributed by atoms with van der Waals surface area (Å²) in [7, 11) is 0. The fourth-order valence-corrected chi connectivity index (χ4v) is 7.63. The van der Waals surface area contributed by atoms with Gasteiger partial charge in [0.2, 0.25) is 0 Å². The Kier molecular flexibility index (Phi) is 8.12. The summed E-state index contributed by atoms with van der Waals surface area (Å²) in [6, 6.07) is 74.5. The maximum absolute atomic E-state index is 6.95. The van der Waals surface area contributed by atoms with Crippen LogP contribution in [-0.2, 0) is 0 Å². The van der Waals surface area contributed by atoms with Gasteiger partial charge in [0.25, 0.3) is 0 Å². The number of pyridine rings is 1. The number of hydrogen-bond donors (Lipinski definition) is 0. The van der Waals surface area contributed by atoms with Crippen molar-refractivity contribution in [2.45, 2.75) is 0 Å². The molecular formula is C51H35N3O. The van der Waals surface area contributed by atoms with Crippen molar-refractivity contribution in [1.29, 1.82) is 0 Å². The van der Waals surface area contributed by atoms with Gasteiger partial charge in [0, 0.05) is 33.7 Å². The van der Waals surface area contributed by atoms with Gasteiger partial charge in [-0.1, -0.05) is 146 Å². The van der Waals surface area contributed by atoms with Crippen molar-refractivity contribution in [3.63, 3.8) is 0 Å². The molecule has 0 aliphatic heterocycles. The largest absolute Gasteiger partial charge is 0.452 e. The molecule has 4 heteroatoms. The Hall–Kier alpha value is -7.43. The number of aromatic nitrogens is 1. The highest BCUT2D eigenvalue weighted by molar-refractivity contribution is 6.13. The summed E-state index contributed by atoms with van der Waals surface area (Å²) in [6.45, 7) is 0. The zero-order valence-electron chi connectivity index (χ0n) is 30.0. The summed E-state index contributed by atoms with van der Waals surface area (Å²) in [5.74, 6) is 0. The maximum atomic E-state index is 6.95. The fourth-order valence-electron chi connectivity index (χ4n) is 7.63. The van der Waals surface area contributed by atoms with Crippen molar-refractivity contribution in [2.24, 2.45) is 0 Å². The molecule has 0 bridgehead atoms. The van der Waals surface area contributed by atoms with Crippen molar-refractivity contribution in [2.75, 3.05) is 9.80 Å². The molecule has 2 aromatic heterocycles. The fraction of sp³-hybridized carbons (Fsp3) is 0. The lowest BCUT2D eigenvalue weighted by atomic mass is 10.0. The number of para-hydroxylation sites is 4. The lowest BCUT2D eigenvalue weighted by Crippen LogP contribution is -2.14. The quantitative estimate of drug-likeness (QED) is 0.158. The van der Waals surface area contributed by atoms with Crippen molar-refractivity contribution in [3.8, 4) is 22.3 Å². The number of fused-ring (bicyclic) bond motifs is 4. The van der Waals surface area contributed by atoms with Crippen LogP contribution in [0.4, 0.5) is 34.1 Å². The summed E-state index contributed by atoms with van der Waals surface area (Å²) in [6.07, 6.45) is 0. The van der Waals surface area contributed by atoms with Crippen LogP contribution >= 0.6 is 0 Å². The molecule has 0 atom stereocenters. The highest BCUT2D eigenvalue weighted by Crippen LogP contribution is 2.48. The molecule has 0 amide bonds. The topological polar surface area (TPSA) is 32.5 Å². The molecule has 0 aliphatic rings. The van der Waals surface area contributed by atoms with Crippen LogP contribution in [0.15, 0.2) is 217 Å². The van der Waals surface area contributed by atoms with E-state index in [1.807, 2.05) is 12.1 Å². The van der Waals surface area contributed by atoms with Crippen LogP contribution in [-0.4, -0.2) is 4.98 Å². The van der Waals surface area contributed by atoms with Crippen LogP contribution in [0.3, 0.4) is 0 Å². The molecule has 0 unspecified atom stereocenters. The molecule has 0 fully saturated rings. The molecule has 10 rings (SSSR count). The molecule has 4 nitrogen and oxygen atoms in total. The molecule has 10 aromatic rings. The summed E-state index contributed by atoms with van der Waals surface area (Å²) in [4.78, 5) is 9.89. The summed E-state index contributed by atoms with van der Waals surface area (Å²) in [5.41, 5.74) is 13.9. The van der Waals surface area contributed by atoms with Gasteiger partial charge in [0.15, 0.2) is 11.2 Å². The number of furan rings is 1. The summed E-state index contributed by atoms with van der Waals surface area (Å²) in [5, 5.41) is 1.97. The third-order valence-electron chi connectivity index (χ3n) is 10.2. The lowest BCUT2D eigenvalue weighted by Gasteiger charge is -2.30. The Labute approximate surface area is 319 Å². The molecule has 0 saturated heterocycles. The van der Waals surface area contributed by atoms with Crippen molar-refractivity contribution < 1.29 is 4.42 Å². The first-order valence-electron chi connectivity index (χ1n) is 18.5. The minimum absolute atomic E-state index is 0.745. The zero-order chi connectivity index (χ0) is 36.6. The van der Waals surface area contributed by atoms with Gasteiger partial charge in [-0.3, -0.25) is 0 Å². The number of anilines is 6. The van der Waals surface area contributed by atoms with Gasteiger partial charge in [-0.25, -0.2) is 4.98 Å². The molecule has 55 heavy (non-hydrogen) atoms. The van der Waals surface area contributed by atoms with E-state index in [2.05, 4.69) is 210 Å². The second kappa shape index (κ2) is 13.8. The van der Waals surface area contributed by atoms with Gasteiger partial charge in [-0.2, -0.15) is 0 Å². The molecule has 0 N–H and O–H groups in total. The van der Waals surface area contributed by atoms with E-state index in [0.717, 1.165) is 83.8 Å². The van der Waals surface area contributed by atoms with Gasteiger partial charge < -0.3 is 14.2 Å². The molecule has 0 radical (unpaired) electrons. The summed E-state index contributed by atoms with van der Waals surface area (Å²) >= 11 is 0. The van der Waals surface area contributed by atoms with Crippen LogP contribution in [0.25, 0.3) is 55.2 Å². The SMILES string of the molecule is c1ccc(-c2ccc(N(c3ccccc3)c3cc(N(c4ccccc4)c4ccccc4-c4ccccc4)c4oc5cc6ccccc6nc5c4c3)cc2)cc1. The minimum Gasteiger partial charge on any atom is -0.452 e. The van der Waals surface area contributed by atoms with E-state index < -0.39 is 0 Å². The Morgan fingerprint density at radius 1 is 0.382 bits per heavy atom. The van der Waals surface area contributed by atoms with Gasteiger partial charge >= 0.3 is 0 Å². The van der Waals surface area contributed by atoms with E-state index in [4.69, 9.17) is 9.40 Å².